The van der Waals surface area contributed by atoms with Crippen LogP contribution in [0.3, 0.4) is 0 Å². The first kappa shape index (κ1) is 28.8. The van der Waals surface area contributed by atoms with Crippen molar-refractivity contribution in [3.8, 4) is 12.3 Å². The number of nitrogens with zero attached hydrogens (tertiary/aromatic N) is 5. The first-order valence-electron chi connectivity index (χ1n) is 11.7. The number of rotatable bonds is 10. The van der Waals surface area contributed by atoms with Crippen LogP contribution in [-0.2, 0) is 13.1 Å². The fourth-order valence-corrected chi connectivity index (χ4v) is 6.06. The van der Waals surface area contributed by atoms with Gasteiger partial charge in [-0.15, -0.1) is 6.42 Å². The molecule has 4 aromatic rings. The first-order chi connectivity index (χ1) is 19.7. The van der Waals surface area contributed by atoms with E-state index in [1.165, 1.54) is 36.4 Å². The Morgan fingerprint density at radius 2 is 1.32 bits per heavy atom. The van der Waals surface area contributed by atoms with Crippen molar-refractivity contribution in [3.63, 3.8) is 0 Å². The molecule has 204 valence electrons. The summed E-state index contributed by atoms with van der Waals surface area (Å²) in [6, 6.07) is 18.4. The molecule has 0 aliphatic carbocycles. The molecule has 0 aliphatic heterocycles. The molecule has 41 heavy (non-hydrogen) atoms. The number of terminal acetylenes is 1. The average Bonchev–Trinajstić information content (AvgIpc) is 2.96. The summed E-state index contributed by atoms with van der Waals surface area (Å²) < 4.78 is 2.24. The molecule has 0 spiro atoms. The molecule has 0 unspecified atom stereocenters. The highest BCUT2D eigenvalue weighted by Crippen LogP contribution is 2.37. The summed E-state index contributed by atoms with van der Waals surface area (Å²) in [4.78, 5) is 54.7. The van der Waals surface area contributed by atoms with Gasteiger partial charge in [0.05, 0.1) is 27.5 Å². The van der Waals surface area contributed by atoms with Gasteiger partial charge in [-0.1, -0.05) is 83.1 Å². The van der Waals surface area contributed by atoms with Gasteiger partial charge in [0.15, 0.2) is 0 Å². The molecule has 11 nitrogen and oxygen atoms in total. The Morgan fingerprint density at radius 3 is 1.78 bits per heavy atom. The average molecular weight is 586 g/mol. The van der Waals surface area contributed by atoms with Crippen LogP contribution in [0.5, 0.6) is 0 Å². The molecular weight excluding hydrogens is 566 g/mol. The van der Waals surface area contributed by atoms with Crippen molar-refractivity contribution >= 4 is 41.1 Å². The third-order valence-electron chi connectivity index (χ3n) is 5.68. The molecule has 3 aromatic carbocycles. The third kappa shape index (κ3) is 6.37. The molecule has 0 aliphatic rings. The molecule has 4 rings (SSSR count). The monoisotopic (exact) mass is 585 g/mol. The van der Waals surface area contributed by atoms with E-state index in [0.717, 1.165) is 32.9 Å². The van der Waals surface area contributed by atoms with E-state index < -0.39 is 23.1 Å². The minimum absolute atomic E-state index is 0.0771. The zero-order chi connectivity index (χ0) is 29.5. The Hall–Kier alpha value is -5.15. The maximum Gasteiger partial charge on any atom is 0.336 e. The van der Waals surface area contributed by atoms with Gasteiger partial charge in [-0.2, -0.15) is 0 Å². The van der Waals surface area contributed by atoms with Gasteiger partial charge in [0, 0.05) is 20.4 Å². The molecule has 0 saturated carbocycles. The number of carboxylic acid groups (broad SMARTS) is 2. The van der Waals surface area contributed by atoms with Gasteiger partial charge in [-0.3, -0.25) is 9.59 Å². The van der Waals surface area contributed by atoms with Crippen LogP contribution < -0.4 is 11.1 Å². The van der Waals surface area contributed by atoms with E-state index in [2.05, 4.69) is 15.9 Å². The number of aromatic nitrogens is 2. The minimum Gasteiger partial charge on any atom is -0.478 e. The maximum atomic E-state index is 14.1. The lowest BCUT2D eigenvalue weighted by Gasteiger charge is -2.19. The van der Waals surface area contributed by atoms with E-state index in [-0.39, 0.29) is 43.8 Å². The first-order valence-corrected chi connectivity index (χ1v) is 13.3. The van der Waals surface area contributed by atoms with Crippen LogP contribution in [0.2, 0.25) is 0 Å². The van der Waals surface area contributed by atoms with Gasteiger partial charge in [0.2, 0.25) is 0 Å². The van der Waals surface area contributed by atoms with Crippen LogP contribution in [0.4, 0.5) is 5.69 Å². The number of carbonyl (C=O) groups is 2. The third-order valence-corrected chi connectivity index (χ3v) is 8.13. The van der Waals surface area contributed by atoms with Crippen molar-refractivity contribution < 1.29 is 19.8 Å². The standard InChI is InChI=1S/C28H19N5O6S2/c1-2-15-32-25(34)23(40-21-9-5-3-7-19(21)27(36)37)24(41-22-10-6-4-8-20(22)28(38)39)26(35)33(32)16-17-11-13-18(14-12-17)30-31-29/h1,3-14H,15-16H2,(H,36,37)(H,38,39). The predicted octanol–water partition coefficient (Wildman–Crippen LogP) is 5.33. The predicted molar refractivity (Wildman–Crippen MR) is 153 cm³/mol. The lowest BCUT2D eigenvalue weighted by molar-refractivity contribution is 0.0682. The van der Waals surface area contributed by atoms with Crippen molar-refractivity contribution in [1.82, 2.24) is 9.36 Å². The van der Waals surface area contributed by atoms with Crippen LogP contribution in [0.25, 0.3) is 10.4 Å². The zero-order valence-corrected chi connectivity index (χ0v) is 22.6. The fourth-order valence-electron chi connectivity index (χ4n) is 3.81. The molecule has 0 bridgehead atoms. The normalized spacial score (nSPS) is 10.4. The largest absolute Gasteiger partial charge is 0.478 e. The lowest BCUT2D eigenvalue weighted by atomic mass is 10.2. The van der Waals surface area contributed by atoms with Crippen LogP contribution in [0.1, 0.15) is 26.3 Å². The van der Waals surface area contributed by atoms with Crippen molar-refractivity contribution in [2.24, 2.45) is 5.11 Å². The van der Waals surface area contributed by atoms with Gasteiger partial charge in [-0.05, 0) is 35.4 Å². The second kappa shape index (κ2) is 12.8. The van der Waals surface area contributed by atoms with E-state index in [4.69, 9.17) is 12.0 Å². The van der Waals surface area contributed by atoms with E-state index in [9.17, 15) is 29.4 Å². The van der Waals surface area contributed by atoms with Crippen molar-refractivity contribution in [3.05, 3.63) is 121 Å². The lowest BCUT2D eigenvalue weighted by Crippen LogP contribution is -2.40. The molecule has 0 saturated heterocycles. The van der Waals surface area contributed by atoms with Crippen molar-refractivity contribution in [2.45, 2.75) is 32.7 Å². The van der Waals surface area contributed by atoms with Crippen LogP contribution in [0, 0.1) is 12.3 Å². The highest BCUT2D eigenvalue weighted by atomic mass is 32.2. The number of hydrogen-bond donors (Lipinski definition) is 2. The molecule has 13 heteroatoms. The number of carboxylic acids is 2. The van der Waals surface area contributed by atoms with Crippen LogP contribution in [-0.4, -0.2) is 31.5 Å². The summed E-state index contributed by atoms with van der Waals surface area (Å²) in [5.41, 5.74) is 8.15. The number of aromatic carboxylic acids is 2. The smallest absolute Gasteiger partial charge is 0.336 e. The Labute approximate surface area is 240 Å². The molecule has 0 atom stereocenters. The Kier molecular flexibility index (Phi) is 9.01. The highest BCUT2D eigenvalue weighted by molar-refractivity contribution is 8.02. The summed E-state index contributed by atoms with van der Waals surface area (Å²) in [5, 5.41) is 22.9. The second-order valence-electron chi connectivity index (χ2n) is 8.25. The maximum absolute atomic E-state index is 14.1. The molecule has 0 amide bonds. The number of azide groups is 1. The summed E-state index contributed by atoms with van der Waals surface area (Å²) in [6.45, 7) is -0.354. The Bertz CT molecular complexity index is 1870. The molecule has 0 fully saturated rings. The summed E-state index contributed by atoms with van der Waals surface area (Å²) >= 11 is 1.60. The Morgan fingerprint density at radius 1 is 0.829 bits per heavy atom. The Balaban J connectivity index is 1.97. The van der Waals surface area contributed by atoms with Crippen molar-refractivity contribution in [2.75, 3.05) is 0 Å². The van der Waals surface area contributed by atoms with E-state index in [0.29, 0.717) is 11.3 Å². The quantitative estimate of drug-likeness (QED) is 0.109. The molecular formula is C28H19N5O6S2. The van der Waals surface area contributed by atoms with Gasteiger partial charge in [0.25, 0.3) is 11.1 Å². The molecule has 2 N–H and O–H groups in total. The minimum atomic E-state index is -1.22. The summed E-state index contributed by atoms with van der Waals surface area (Å²) in [7, 11) is 0. The van der Waals surface area contributed by atoms with Gasteiger partial charge >= 0.3 is 11.9 Å². The molecule has 0 radical (unpaired) electrons. The van der Waals surface area contributed by atoms with E-state index in [1.807, 2.05) is 0 Å². The SMILES string of the molecule is C#CCn1c(=O)c(Sc2ccccc2C(=O)O)c(Sc2ccccc2C(=O)O)c(=O)n1Cc1ccc(N=[N+]=[N-])cc1. The van der Waals surface area contributed by atoms with E-state index in [1.54, 1.807) is 36.4 Å². The number of hydrogen-bond acceptors (Lipinski definition) is 7. The van der Waals surface area contributed by atoms with Crippen molar-refractivity contribution in [1.29, 1.82) is 0 Å². The summed E-state index contributed by atoms with van der Waals surface area (Å²) in [6.07, 6.45) is 5.55. The number of benzene rings is 3. The fraction of sp³-hybridized carbons (Fsp3) is 0.0714. The summed E-state index contributed by atoms with van der Waals surface area (Å²) in [5.74, 6) is -0.0666. The van der Waals surface area contributed by atoms with E-state index >= 15 is 0 Å². The van der Waals surface area contributed by atoms with Gasteiger partial charge < -0.3 is 10.2 Å². The van der Waals surface area contributed by atoms with Crippen LogP contribution in [0.15, 0.2) is 107 Å². The van der Waals surface area contributed by atoms with Gasteiger partial charge in [-0.25, -0.2) is 19.0 Å². The van der Waals surface area contributed by atoms with Gasteiger partial charge in [0.1, 0.15) is 6.54 Å². The molecule has 1 aromatic heterocycles. The second-order valence-corrected chi connectivity index (χ2v) is 10.4. The molecule has 1 heterocycles. The topological polar surface area (TPSA) is 167 Å². The van der Waals surface area contributed by atoms with Crippen LogP contribution >= 0.6 is 23.5 Å². The zero-order valence-electron chi connectivity index (χ0n) is 21.0. The highest BCUT2D eigenvalue weighted by Gasteiger charge is 2.24.